The Labute approximate surface area is 166 Å². The lowest BCUT2D eigenvalue weighted by Crippen LogP contribution is -2.42. The van der Waals surface area contributed by atoms with Gasteiger partial charge in [0.2, 0.25) is 5.91 Å². The fourth-order valence-corrected chi connectivity index (χ4v) is 4.18. The number of rotatable bonds is 4. The van der Waals surface area contributed by atoms with E-state index in [0.29, 0.717) is 23.5 Å². The molecule has 27 heavy (non-hydrogen) atoms. The SMILES string of the molecule is CN(C)C(=O)Sc1ccc(NC(=O)[C@@H]2CCCN2C(=O)c2cccs2)cc1. The summed E-state index contributed by atoms with van der Waals surface area (Å²) < 4.78 is 0. The summed E-state index contributed by atoms with van der Waals surface area (Å²) in [6, 6.07) is 10.3. The number of thiophene rings is 1. The predicted molar refractivity (Wildman–Crippen MR) is 108 cm³/mol. The normalized spacial score (nSPS) is 16.2. The zero-order valence-electron chi connectivity index (χ0n) is 15.2. The number of nitrogens with one attached hydrogen (secondary N) is 1. The molecule has 1 aromatic heterocycles. The van der Waals surface area contributed by atoms with Gasteiger partial charge < -0.3 is 15.1 Å². The van der Waals surface area contributed by atoms with E-state index in [2.05, 4.69) is 5.32 Å². The maximum atomic E-state index is 12.7. The Hall–Kier alpha value is -2.32. The largest absolute Gasteiger partial charge is 0.339 e. The molecule has 3 rings (SSSR count). The lowest BCUT2D eigenvalue weighted by atomic mass is 10.2. The Morgan fingerprint density at radius 1 is 1.19 bits per heavy atom. The minimum atomic E-state index is -0.455. The number of carbonyl (C=O) groups excluding carboxylic acids is 3. The summed E-state index contributed by atoms with van der Waals surface area (Å²) in [6.07, 6.45) is 1.48. The average molecular weight is 404 g/mol. The highest BCUT2D eigenvalue weighted by Gasteiger charge is 2.34. The second-order valence-electron chi connectivity index (χ2n) is 6.41. The highest BCUT2D eigenvalue weighted by atomic mass is 32.2. The van der Waals surface area contributed by atoms with Gasteiger partial charge in [-0.2, -0.15) is 0 Å². The molecule has 2 aromatic rings. The lowest BCUT2D eigenvalue weighted by molar-refractivity contribution is -0.119. The van der Waals surface area contributed by atoms with Crippen molar-refractivity contribution in [3.63, 3.8) is 0 Å². The van der Waals surface area contributed by atoms with Crippen molar-refractivity contribution >= 4 is 45.8 Å². The average Bonchev–Trinajstić information content (AvgIpc) is 3.34. The van der Waals surface area contributed by atoms with Crippen LogP contribution in [0.4, 0.5) is 10.5 Å². The van der Waals surface area contributed by atoms with Crippen LogP contribution in [0.5, 0.6) is 0 Å². The number of likely N-dealkylation sites (tertiary alicyclic amines) is 1. The summed E-state index contributed by atoms with van der Waals surface area (Å²) in [5.74, 6) is -0.265. The molecule has 142 valence electrons. The van der Waals surface area contributed by atoms with Gasteiger partial charge in [-0.3, -0.25) is 14.4 Å². The van der Waals surface area contributed by atoms with Crippen LogP contribution >= 0.6 is 23.1 Å². The first kappa shape index (κ1) is 19.4. The van der Waals surface area contributed by atoms with Crippen molar-refractivity contribution < 1.29 is 14.4 Å². The number of nitrogens with zero attached hydrogens (tertiary/aromatic N) is 2. The van der Waals surface area contributed by atoms with Crippen LogP contribution in [-0.2, 0) is 4.79 Å². The predicted octanol–water partition coefficient (Wildman–Crippen LogP) is 3.77. The maximum absolute atomic E-state index is 12.7. The molecule has 1 aliphatic rings. The summed E-state index contributed by atoms with van der Waals surface area (Å²) in [6.45, 7) is 0.594. The van der Waals surface area contributed by atoms with Gasteiger partial charge in [-0.25, -0.2) is 0 Å². The van der Waals surface area contributed by atoms with Crippen LogP contribution in [0.15, 0.2) is 46.7 Å². The van der Waals surface area contributed by atoms with Crippen LogP contribution in [0.1, 0.15) is 22.5 Å². The number of benzene rings is 1. The molecule has 1 atom stereocenters. The minimum Gasteiger partial charge on any atom is -0.339 e. The molecule has 0 spiro atoms. The first-order chi connectivity index (χ1) is 13.0. The van der Waals surface area contributed by atoms with Crippen molar-refractivity contribution in [1.29, 1.82) is 0 Å². The zero-order chi connectivity index (χ0) is 19.4. The summed E-state index contributed by atoms with van der Waals surface area (Å²) in [4.78, 5) is 41.6. The third-order valence-electron chi connectivity index (χ3n) is 4.24. The molecule has 1 fully saturated rings. The molecule has 8 heteroatoms. The van der Waals surface area contributed by atoms with Crippen molar-refractivity contribution in [1.82, 2.24) is 9.80 Å². The molecular formula is C19H21N3O3S2. The number of hydrogen-bond donors (Lipinski definition) is 1. The summed E-state index contributed by atoms with van der Waals surface area (Å²) in [5, 5.41) is 4.69. The monoisotopic (exact) mass is 403 g/mol. The van der Waals surface area contributed by atoms with E-state index in [1.54, 1.807) is 49.3 Å². The quantitative estimate of drug-likeness (QED) is 0.789. The van der Waals surface area contributed by atoms with Crippen LogP contribution in [0.25, 0.3) is 0 Å². The Kier molecular flexibility index (Phi) is 6.18. The molecule has 3 amide bonds. The van der Waals surface area contributed by atoms with Gasteiger partial charge in [0.25, 0.3) is 11.1 Å². The van der Waals surface area contributed by atoms with Crippen LogP contribution in [0, 0.1) is 0 Å². The van der Waals surface area contributed by atoms with Crippen LogP contribution < -0.4 is 5.32 Å². The summed E-state index contributed by atoms with van der Waals surface area (Å²) >= 11 is 2.52. The van der Waals surface area contributed by atoms with Gasteiger partial charge in [0.05, 0.1) is 4.88 Å². The van der Waals surface area contributed by atoms with Gasteiger partial charge in [-0.1, -0.05) is 6.07 Å². The third-order valence-corrected chi connectivity index (χ3v) is 6.15. The number of anilines is 1. The Morgan fingerprint density at radius 2 is 1.93 bits per heavy atom. The summed E-state index contributed by atoms with van der Waals surface area (Å²) in [5.41, 5.74) is 0.650. The van der Waals surface area contributed by atoms with Gasteiger partial charge in [0.1, 0.15) is 6.04 Å². The van der Waals surface area contributed by atoms with E-state index in [9.17, 15) is 14.4 Å². The van der Waals surface area contributed by atoms with E-state index in [4.69, 9.17) is 0 Å². The fraction of sp³-hybridized carbons (Fsp3) is 0.316. The van der Waals surface area contributed by atoms with E-state index in [0.717, 1.165) is 23.1 Å². The Morgan fingerprint density at radius 3 is 2.56 bits per heavy atom. The maximum Gasteiger partial charge on any atom is 0.285 e. The topological polar surface area (TPSA) is 69.7 Å². The Bertz CT molecular complexity index is 819. The van der Waals surface area contributed by atoms with E-state index in [1.165, 1.54) is 16.2 Å². The second-order valence-corrected chi connectivity index (χ2v) is 8.38. The molecule has 1 N–H and O–H groups in total. The van der Waals surface area contributed by atoms with E-state index >= 15 is 0 Å². The smallest absolute Gasteiger partial charge is 0.285 e. The third kappa shape index (κ3) is 4.70. The first-order valence-electron chi connectivity index (χ1n) is 8.60. The molecule has 2 heterocycles. The molecule has 6 nitrogen and oxygen atoms in total. The number of amides is 3. The molecule has 0 unspecified atom stereocenters. The number of thioether (sulfide) groups is 1. The number of carbonyl (C=O) groups is 3. The van der Waals surface area contributed by atoms with E-state index < -0.39 is 6.04 Å². The van der Waals surface area contributed by atoms with Crippen molar-refractivity contribution in [3.8, 4) is 0 Å². The van der Waals surface area contributed by atoms with Crippen LogP contribution in [0.3, 0.4) is 0 Å². The highest BCUT2D eigenvalue weighted by molar-refractivity contribution is 8.13. The van der Waals surface area contributed by atoms with Gasteiger partial charge in [0, 0.05) is 31.2 Å². The van der Waals surface area contributed by atoms with Crippen LogP contribution in [-0.4, -0.2) is 53.5 Å². The molecule has 0 aliphatic carbocycles. The molecule has 1 aliphatic heterocycles. The van der Waals surface area contributed by atoms with Gasteiger partial charge in [0.15, 0.2) is 0 Å². The minimum absolute atomic E-state index is 0.0551. The molecule has 1 aromatic carbocycles. The molecule has 0 saturated carbocycles. The van der Waals surface area contributed by atoms with Gasteiger partial charge in [-0.05, 0) is 60.3 Å². The second kappa shape index (κ2) is 8.58. The van der Waals surface area contributed by atoms with E-state index in [-0.39, 0.29) is 17.1 Å². The lowest BCUT2D eigenvalue weighted by Gasteiger charge is -2.23. The zero-order valence-corrected chi connectivity index (χ0v) is 16.8. The number of hydrogen-bond acceptors (Lipinski definition) is 5. The highest BCUT2D eigenvalue weighted by Crippen LogP contribution is 2.25. The van der Waals surface area contributed by atoms with E-state index in [1.807, 2.05) is 11.4 Å². The fourth-order valence-electron chi connectivity index (χ4n) is 2.85. The van der Waals surface area contributed by atoms with Crippen LogP contribution in [0.2, 0.25) is 0 Å². The first-order valence-corrected chi connectivity index (χ1v) is 10.3. The Balaban J connectivity index is 1.62. The molecular weight excluding hydrogens is 382 g/mol. The van der Waals surface area contributed by atoms with Crippen molar-refractivity contribution in [2.45, 2.75) is 23.8 Å². The molecule has 0 bridgehead atoms. The van der Waals surface area contributed by atoms with Gasteiger partial charge >= 0.3 is 0 Å². The molecule has 0 radical (unpaired) electrons. The van der Waals surface area contributed by atoms with Gasteiger partial charge in [-0.15, -0.1) is 11.3 Å². The van der Waals surface area contributed by atoms with Crippen molar-refractivity contribution in [2.75, 3.05) is 26.0 Å². The molecule has 1 saturated heterocycles. The van der Waals surface area contributed by atoms with Crippen molar-refractivity contribution in [3.05, 3.63) is 46.7 Å². The summed E-state index contributed by atoms with van der Waals surface area (Å²) in [7, 11) is 3.41. The van der Waals surface area contributed by atoms with Crippen molar-refractivity contribution in [2.24, 2.45) is 0 Å². The standard InChI is InChI=1S/C19H21N3O3S2/c1-21(2)19(25)27-14-9-7-13(8-10-14)20-17(23)15-5-3-11-22(15)18(24)16-6-4-12-26-16/h4,6-10,12,15H,3,5,11H2,1-2H3,(H,20,23)/t15-/m0/s1.